The van der Waals surface area contributed by atoms with Crippen molar-refractivity contribution < 1.29 is 45.8 Å². The summed E-state index contributed by atoms with van der Waals surface area (Å²) in [5.74, 6) is -3.02. The zero-order chi connectivity index (χ0) is 35.3. The van der Waals surface area contributed by atoms with Crippen LogP contribution >= 0.6 is 0 Å². The maximum Gasteiger partial charge on any atom is 0.417 e. The number of nitrogens with zero attached hydrogens (tertiary/aromatic N) is 2. The number of amides is 1. The predicted molar refractivity (Wildman–Crippen MR) is 169 cm³/mol. The molecule has 260 valence electrons. The highest BCUT2D eigenvalue weighted by Crippen LogP contribution is 2.47. The van der Waals surface area contributed by atoms with Crippen molar-refractivity contribution in [3.8, 4) is 11.1 Å². The zero-order valence-electron chi connectivity index (χ0n) is 26.3. The van der Waals surface area contributed by atoms with Gasteiger partial charge in [-0.1, -0.05) is 54.6 Å². The summed E-state index contributed by atoms with van der Waals surface area (Å²) in [4.78, 5) is 41.3. The molecule has 2 fully saturated rings. The normalized spacial score (nSPS) is 19.3. The molecule has 3 heterocycles. The van der Waals surface area contributed by atoms with Gasteiger partial charge in [0.25, 0.3) is 5.56 Å². The Morgan fingerprint density at radius 3 is 2.24 bits per heavy atom. The molecular weight excluding hydrogens is 656 g/mol. The van der Waals surface area contributed by atoms with Gasteiger partial charge in [0.2, 0.25) is 5.91 Å². The molecule has 4 aromatic rings. The lowest BCUT2D eigenvalue weighted by molar-refractivity contribution is -0.234. The number of pyridine rings is 1. The van der Waals surface area contributed by atoms with Gasteiger partial charge in [0, 0.05) is 31.5 Å². The molecule has 14 heteroatoms. The maximum absolute atomic E-state index is 14.7. The molecule has 49 heavy (non-hydrogen) atoms. The van der Waals surface area contributed by atoms with Crippen LogP contribution in [0.25, 0.3) is 32.8 Å². The minimum atomic E-state index is -4.95. The van der Waals surface area contributed by atoms with Gasteiger partial charge in [0.1, 0.15) is 11.5 Å². The van der Waals surface area contributed by atoms with Gasteiger partial charge in [-0.3, -0.25) is 14.5 Å². The van der Waals surface area contributed by atoms with Crippen molar-refractivity contribution in [2.45, 2.75) is 50.1 Å². The Labute approximate surface area is 276 Å². The number of nitrogens with one attached hydrogen (secondary N) is 1. The van der Waals surface area contributed by atoms with Crippen molar-refractivity contribution in [3.05, 3.63) is 82.1 Å². The minimum Gasteiger partial charge on any atom is -0.480 e. The molecule has 3 aromatic carbocycles. The molecule has 6 rings (SSSR count). The summed E-state index contributed by atoms with van der Waals surface area (Å²) in [7, 11) is 1.37. The van der Waals surface area contributed by atoms with Crippen LogP contribution in [0.15, 0.2) is 65.5 Å². The average molecular weight is 690 g/mol. The third-order valence-corrected chi connectivity index (χ3v) is 9.95. The van der Waals surface area contributed by atoms with E-state index in [1.165, 1.54) is 67.7 Å². The van der Waals surface area contributed by atoms with E-state index in [0.717, 1.165) is 4.57 Å². The summed E-state index contributed by atoms with van der Waals surface area (Å²) in [6, 6.07) is 12.5. The van der Waals surface area contributed by atoms with Crippen molar-refractivity contribution in [1.82, 2.24) is 14.8 Å². The van der Waals surface area contributed by atoms with Crippen molar-refractivity contribution in [2.24, 2.45) is 12.5 Å². The molecule has 0 saturated carbocycles. The van der Waals surface area contributed by atoms with E-state index in [2.05, 4.69) is 5.32 Å². The van der Waals surface area contributed by atoms with Crippen LogP contribution in [-0.2, 0) is 34.0 Å². The molecule has 0 spiro atoms. The number of rotatable bonds is 7. The van der Waals surface area contributed by atoms with E-state index in [4.69, 9.17) is 4.74 Å². The first-order chi connectivity index (χ1) is 23.1. The second-order valence-corrected chi connectivity index (χ2v) is 12.6. The number of halogens is 6. The summed E-state index contributed by atoms with van der Waals surface area (Å²) in [5.41, 5.74) is -5.14. The smallest absolute Gasteiger partial charge is 0.417 e. The van der Waals surface area contributed by atoms with Gasteiger partial charge in [-0.15, -0.1) is 0 Å². The Kier molecular flexibility index (Phi) is 8.99. The van der Waals surface area contributed by atoms with Crippen LogP contribution in [0, 0.1) is 5.41 Å². The van der Waals surface area contributed by atoms with Crippen LogP contribution in [0.1, 0.15) is 30.4 Å². The number of fused-ring (bicyclic) bond motifs is 2. The summed E-state index contributed by atoms with van der Waals surface area (Å²) in [6.45, 7) is 0.869. The minimum absolute atomic E-state index is 0.0149. The highest BCUT2D eigenvalue weighted by molar-refractivity contribution is 6.02. The zero-order valence-corrected chi connectivity index (χ0v) is 26.3. The molecule has 2 atom stereocenters. The van der Waals surface area contributed by atoms with Gasteiger partial charge in [-0.25, -0.2) is 4.79 Å². The molecule has 0 unspecified atom stereocenters. The van der Waals surface area contributed by atoms with Crippen LogP contribution < -0.4 is 10.9 Å². The lowest BCUT2D eigenvalue weighted by Crippen LogP contribution is -2.60. The molecule has 2 aliphatic heterocycles. The van der Waals surface area contributed by atoms with Gasteiger partial charge >= 0.3 is 18.3 Å². The van der Waals surface area contributed by atoms with Crippen molar-refractivity contribution >= 4 is 33.6 Å². The third-order valence-electron chi connectivity index (χ3n) is 9.95. The number of piperidine rings is 1. The highest BCUT2D eigenvalue weighted by atomic mass is 19.4. The van der Waals surface area contributed by atoms with Crippen molar-refractivity contribution in [3.63, 3.8) is 0 Å². The van der Waals surface area contributed by atoms with Gasteiger partial charge < -0.3 is 19.7 Å². The fourth-order valence-corrected chi connectivity index (χ4v) is 7.25. The van der Waals surface area contributed by atoms with Crippen LogP contribution in [0.2, 0.25) is 0 Å². The lowest BCUT2D eigenvalue weighted by Gasteiger charge is -2.43. The first-order valence-corrected chi connectivity index (χ1v) is 15.8. The first kappa shape index (κ1) is 34.4. The second-order valence-electron chi connectivity index (χ2n) is 12.6. The number of aliphatic carboxylic acids is 1. The topological polar surface area (TPSA) is 101 Å². The predicted octanol–water partition coefficient (Wildman–Crippen LogP) is 5.92. The standard InChI is InChI=1S/C35H33F6N3O5/c1-43-27-11-3-2-7-25(27)29(34(36,37)38)28(30(43)45)24-10-5-8-22-20(6-4-9-23(22)24)18-26(31(46)47)42-32(48)33(35(39,40)41)13-15-44(16-14-33)21-12-17-49-19-21/h2-11,21,26H,12-19H2,1H3,(H,42,48)(H,46,47)/t21-,26-/m0/s1. The first-order valence-electron chi connectivity index (χ1n) is 15.8. The number of hydrogen-bond donors (Lipinski definition) is 2. The van der Waals surface area contributed by atoms with Gasteiger partial charge in [-0.05, 0) is 60.3 Å². The quantitative estimate of drug-likeness (QED) is 0.234. The summed E-state index contributed by atoms with van der Waals surface area (Å²) >= 11 is 0. The van der Waals surface area contributed by atoms with Gasteiger partial charge in [0.05, 0.1) is 23.3 Å². The number of carboxylic acids is 1. The summed E-state index contributed by atoms with van der Waals surface area (Å²) in [5, 5.41) is 12.5. The maximum atomic E-state index is 14.7. The Hall–Kier alpha value is -4.43. The van der Waals surface area contributed by atoms with Gasteiger partial charge in [0.15, 0.2) is 0 Å². The number of aryl methyl sites for hydroxylation is 1. The number of carbonyl (C=O) groups is 2. The number of carbonyl (C=O) groups excluding carboxylic acids is 1. The molecule has 1 amide bonds. The molecule has 0 bridgehead atoms. The molecule has 0 aliphatic carbocycles. The van der Waals surface area contributed by atoms with E-state index in [0.29, 0.717) is 19.6 Å². The molecule has 1 aromatic heterocycles. The molecule has 2 N–H and O–H groups in total. The van der Waals surface area contributed by atoms with Crippen LogP contribution in [0.4, 0.5) is 26.3 Å². The summed E-state index contributed by atoms with van der Waals surface area (Å²) < 4.78 is 94.1. The molecule has 2 aliphatic rings. The number of alkyl halides is 6. The van der Waals surface area contributed by atoms with Crippen molar-refractivity contribution in [2.75, 3.05) is 26.3 Å². The Morgan fingerprint density at radius 2 is 1.61 bits per heavy atom. The number of aromatic nitrogens is 1. The average Bonchev–Trinajstić information content (AvgIpc) is 3.60. The fraction of sp³-hybridized carbons (Fsp3) is 0.400. The monoisotopic (exact) mass is 689 g/mol. The van der Waals surface area contributed by atoms with E-state index >= 15 is 0 Å². The number of ether oxygens (including phenoxy) is 1. The van der Waals surface area contributed by atoms with E-state index in [9.17, 15) is 45.8 Å². The Bertz CT molecular complexity index is 1980. The molecule has 2 saturated heterocycles. The Balaban J connectivity index is 1.36. The largest absolute Gasteiger partial charge is 0.480 e. The summed E-state index contributed by atoms with van der Waals surface area (Å²) in [6.07, 6.45) is -10.8. The number of likely N-dealkylation sites (tertiary alicyclic amines) is 1. The third kappa shape index (κ3) is 6.16. The number of hydrogen-bond acceptors (Lipinski definition) is 5. The molecular formula is C35H33F6N3O5. The van der Waals surface area contributed by atoms with E-state index in [1.807, 2.05) is 4.90 Å². The number of carboxylic acid groups (broad SMARTS) is 1. The van der Waals surface area contributed by atoms with Crippen molar-refractivity contribution in [1.29, 1.82) is 0 Å². The van der Waals surface area contributed by atoms with E-state index in [1.54, 1.807) is 0 Å². The van der Waals surface area contributed by atoms with E-state index < -0.39 is 71.6 Å². The Morgan fingerprint density at radius 1 is 0.959 bits per heavy atom. The lowest BCUT2D eigenvalue weighted by atomic mass is 9.76. The second kappa shape index (κ2) is 12.8. The fourth-order valence-electron chi connectivity index (χ4n) is 7.25. The number of benzene rings is 3. The molecule has 0 radical (unpaired) electrons. The van der Waals surface area contributed by atoms with Crippen LogP contribution in [-0.4, -0.2) is 71.0 Å². The highest BCUT2D eigenvalue weighted by Gasteiger charge is 2.61. The van der Waals surface area contributed by atoms with Crippen LogP contribution in [0.5, 0.6) is 0 Å². The number of para-hydroxylation sites is 1. The SMILES string of the molecule is Cn1c(=O)c(-c2cccc3c(C[C@H](NC(=O)C4(C(F)(F)F)CCN([C@H]5CCOC5)CC4)C(=O)O)cccc23)c(C(F)(F)F)c2ccccc21. The molecule has 8 nitrogen and oxygen atoms in total. The van der Waals surface area contributed by atoms with Crippen LogP contribution in [0.3, 0.4) is 0 Å². The van der Waals surface area contributed by atoms with E-state index in [-0.39, 0.29) is 51.9 Å². The van der Waals surface area contributed by atoms with Gasteiger partial charge in [-0.2, -0.15) is 26.3 Å².